The molecule has 0 bridgehead atoms. The minimum Gasteiger partial charge on any atom is -0.230 e. The monoisotopic (exact) mass is 220 g/mol. The summed E-state index contributed by atoms with van der Waals surface area (Å²) in [5.41, 5.74) is 2.34. The van der Waals surface area contributed by atoms with E-state index >= 15 is 0 Å². The molecule has 0 saturated heterocycles. The summed E-state index contributed by atoms with van der Waals surface area (Å²) in [6.07, 6.45) is 0.593. The van der Waals surface area contributed by atoms with Gasteiger partial charge in [0.25, 0.3) is 0 Å². The van der Waals surface area contributed by atoms with Gasteiger partial charge in [-0.25, -0.2) is 9.28 Å². The molecule has 0 aliphatic carbocycles. The first-order chi connectivity index (χ1) is 7.60. The third kappa shape index (κ3) is 2.17. The molecule has 0 atom stereocenters. The Morgan fingerprint density at radius 2 is 1.81 bits per heavy atom. The lowest BCUT2D eigenvalue weighted by Crippen LogP contribution is -2.53. The number of carbonyl (C=O) groups excluding carboxylic acids is 1. The number of quaternary nitrogens is 1. The molecule has 0 fully saturated rings. The van der Waals surface area contributed by atoms with Gasteiger partial charge in [0.05, 0.1) is 19.5 Å². The maximum Gasteiger partial charge on any atom is 0.318 e. The third-order valence-corrected chi connectivity index (χ3v) is 3.36. The molecule has 0 N–H and O–H groups in total. The lowest BCUT2D eigenvalue weighted by Gasteiger charge is -2.33. The van der Waals surface area contributed by atoms with Crippen LogP contribution in [0.5, 0.6) is 0 Å². The maximum absolute atomic E-state index is 12.2. The first kappa shape index (κ1) is 12.9. The Hall–Kier alpha value is -1.15. The van der Waals surface area contributed by atoms with Crippen LogP contribution in [0, 0.1) is 6.92 Å². The fourth-order valence-corrected chi connectivity index (χ4v) is 2.28. The van der Waals surface area contributed by atoms with E-state index < -0.39 is 0 Å². The number of hydrogen-bond donors (Lipinski definition) is 0. The van der Waals surface area contributed by atoms with Gasteiger partial charge in [-0.2, -0.15) is 0 Å². The molecule has 0 radical (unpaired) electrons. The average molecular weight is 220 g/mol. The smallest absolute Gasteiger partial charge is 0.230 e. The number of carbonyl (C=O) groups is 1. The Morgan fingerprint density at radius 1 is 1.19 bits per heavy atom. The van der Waals surface area contributed by atoms with Crippen molar-refractivity contribution in [2.24, 2.45) is 0 Å². The summed E-state index contributed by atoms with van der Waals surface area (Å²) in [4.78, 5) is 12.2. The molecule has 0 aliphatic heterocycles. The van der Waals surface area contributed by atoms with Gasteiger partial charge in [0.2, 0.25) is 0 Å². The summed E-state index contributed by atoms with van der Waals surface area (Å²) < 4.78 is 0.470. The van der Waals surface area contributed by atoms with Crippen LogP contribution >= 0.6 is 0 Å². The first-order valence-corrected chi connectivity index (χ1v) is 6.08. The molecule has 1 aromatic rings. The van der Waals surface area contributed by atoms with E-state index in [9.17, 15) is 4.79 Å². The van der Waals surface area contributed by atoms with Crippen LogP contribution in [-0.2, 0) is 4.79 Å². The minimum absolute atomic E-state index is 0.301. The number of rotatable bonds is 4. The molecule has 0 spiro atoms. The summed E-state index contributed by atoms with van der Waals surface area (Å²) in [7, 11) is 0. The van der Waals surface area contributed by atoms with E-state index in [1.807, 2.05) is 13.0 Å². The second kappa shape index (κ2) is 5.26. The Labute approximate surface area is 98.5 Å². The van der Waals surface area contributed by atoms with Gasteiger partial charge in [0, 0.05) is 6.07 Å². The van der Waals surface area contributed by atoms with Crippen LogP contribution in [0.15, 0.2) is 24.3 Å². The van der Waals surface area contributed by atoms with E-state index in [4.69, 9.17) is 0 Å². The standard InChI is InChI=1S/C14H22NO/c1-5-14(16)15(6-2,7-3)13-10-8-9-12(4)11-13/h8-11H,5-7H2,1-4H3/q+1. The topological polar surface area (TPSA) is 17.1 Å². The zero-order valence-corrected chi connectivity index (χ0v) is 10.8. The van der Waals surface area contributed by atoms with E-state index in [2.05, 4.69) is 39.0 Å². The zero-order chi connectivity index (χ0) is 12.2. The highest BCUT2D eigenvalue weighted by Crippen LogP contribution is 2.25. The van der Waals surface area contributed by atoms with Crippen molar-refractivity contribution in [3.63, 3.8) is 0 Å². The molecule has 0 aromatic heterocycles. The number of hydrogen-bond acceptors (Lipinski definition) is 1. The van der Waals surface area contributed by atoms with Crippen molar-refractivity contribution in [3.05, 3.63) is 29.8 Å². The van der Waals surface area contributed by atoms with Crippen LogP contribution in [0.1, 0.15) is 32.8 Å². The van der Waals surface area contributed by atoms with Crippen LogP contribution in [0.2, 0.25) is 0 Å². The van der Waals surface area contributed by atoms with Gasteiger partial charge in [0.15, 0.2) is 0 Å². The summed E-state index contributed by atoms with van der Waals surface area (Å²) in [6.45, 7) is 9.83. The molecule has 88 valence electrons. The van der Waals surface area contributed by atoms with Gasteiger partial charge in [-0.15, -0.1) is 0 Å². The van der Waals surface area contributed by atoms with Crippen LogP contribution < -0.4 is 4.48 Å². The molecule has 1 aromatic carbocycles. The molecule has 0 aliphatic rings. The average Bonchev–Trinajstić information content (AvgIpc) is 2.31. The summed E-state index contributed by atoms with van der Waals surface area (Å²) in [5.74, 6) is 0.301. The zero-order valence-electron chi connectivity index (χ0n) is 10.8. The molecule has 16 heavy (non-hydrogen) atoms. The van der Waals surface area contributed by atoms with Gasteiger partial charge < -0.3 is 0 Å². The number of aryl methyl sites for hydroxylation is 1. The summed E-state index contributed by atoms with van der Waals surface area (Å²) in [6, 6.07) is 8.29. The van der Waals surface area contributed by atoms with E-state index in [1.165, 1.54) is 5.56 Å². The number of benzene rings is 1. The summed E-state index contributed by atoms with van der Waals surface area (Å²) in [5, 5.41) is 0. The lowest BCUT2D eigenvalue weighted by atomic mass is 10.1. The van der Waals surface area contributed by atoms with Gasteiger partial charge in [-0.3, -0.25) is 0 Å². The first-order valence-electron chi connectivity index (χ1n) is 6.08. The van der Waals surface area contributed by atoms with Gasteiger partial charge in [-0.1, -0.05) is 19.1 Å². The Morgan fingerprint density at radius 3 is 2.25 bits per heavy atom. The van der Waals surface area contributed by atoms with Crippen molar-refractivity contribution in [2.45, 2.75) is 34.1 Å². The van der Waals surface area contributed by atoms with E-state index in [1.54, 1.807) is 0 Å². The second-order valence-electron chi connectivity index (χ2n) is 4.19. The van der Waals surface area contributed by atoms with Gasteiger partial charge in [0.1, 0.15) is 5.69 Å². The van der Waals surface area contributed by atoms with Crippen molar-refractivity contribution >= 4 is 11.6 Å². The fourth-order valence-electron chi connectivity index (χ4n) is 2.28. The molecule has 1 rings (SSSR count). The normalized spacial score (nSPS) is 11.5. The van der Waals surface area contributed by atoms with Crippen LogP contribution in [0.4, 0.5) is 5.69 Å². The summed E-state index contributed by atoms with van der Waals surface area (Å²) >= 11 is 0. The van der Waals surface area contributed by atoms with Crippen LogP contribution in [-0.4, -0.2) is 19.0 Å². The predicted molar refractivity (Wildman–Crippen MR) is 69.4 cm³/mol. The van der Waals surface area contributed by atoms with Crippen molar-refractivity contribution < 1.29 is 4.79 Å². The Kier molecular flexibility index (Phi) is 4.25. The SMILES string of the molecule is CCC(=O)[N+](CC)(CC)c1cccc(C)c1. The molecule has 0 heterocycles. The van der Waals surface area contributed by atoms with Crippen molar-refractivity contribution in [1.29, 1.82) is 0 Å². The molecule has 2 nitrogen and oxygen atoms in total. The van der Waals surface area contributed by atoms with E-state index in [0.717, 1.165) is 18.8 Å². The fraction of sp³-hybridized carbons (Fsp3) is 0.500. The minimum atomic E-state index is 0.301. The van der Waals surface area contributed by atoms with E-state index in [-0.39, 0.29) is 0 Å². The lowest BCUT2D eigenvalue weighted by molar-refractivity contribution is -0.129. The van der Waals surface area contributed by atoms with Crippen molar-refractivity contribution in [1.82, 2.24) is 4.48 Å². The van der Waals surface area contributed by atoms with Gasteiger partial charge in [-0.05, 0) is 32.4 Å². The highest BCUT2D eigenvalue weighted by molar-refractivity contribution is 5.88. The molecule has 0 unspecified atom stereocenters. The molecule has 2 heteroatoms. The highest BCUT2D eigenvalue weighted by atomic mass is 16.2. The Balaban J connectivity index is 3.25. The number of amides is 1. The molecular formula is C14H22NO+. The third-order valence-electron chi connectivity index (χ3n) is 3.36. The molecular weight excluding hydrogens is 198 g/mol. The predicted octanol–water partition coefficient (Wildman–Crippen LogP) is 3.28. The van der Waals surface area contributed by atoms with Gasteiger partial charge >= 0.3 is 5.91 Å². The molecule has 1 amide bonds. The quantitative estimate of drug-likeness (QED) is 0.712. The van der Waals surface area contributed by atoms with Crippen molar-refractivity contribution in [2.75, 3.05) is 13.1 Å². The second-order valence-corrected chi connectivity index (χ2v) is 4.19. The maximum atomic E-state index is 12.2. The van der Waals surface area contributed by atoms with Crippen LogP contribution in [0.3, 0.4) is 0 Å². The largest absolute Gasteiger partial charge is 0.318 e. The van der Waals surface area contributed by atoms with Crippen LogP contribution in [0.25, 0.3) is 0 Å². The molecule has 0 saturated carbocycles. The Bertz CT molecular complexity index is 367. The highest BCUT2D eigenvalue weighted by Gasteiger charge is 2.34. The van der Waals surface area contributed by atoms with E-state index in [0.29, 0.717) is 16.8 Å². The number of nitrogens with zero attached hydrogens (tertiary/aromatic N) is 1. The van der Waals surface area contributed by atoms with Crippen molar-refractivity contribution in [3.8, 4) is 0 Å².